The first-order valence-corrected chi connectivity index (χ1v) is 11.8. The second kappa shape index (κ2) is 12.8. The van der Waals surface area contributed by atoms with Crippen molar-refractivity contribution in [3.8, 4) is 22.6 Å². The van der Waals surface area contributed by atoms with Gasteiger partial charge in [0.2, 0.25) is 0 Å². The molecule has 0 bridgehead atoms. The summed E-state index contributed by atoms with van der Waals surface area (Å²) in [5.41, 5.74) is 6.85. The molecule has 5 nitrogen and oxygen atoms in total. The zero-order valence-electron chi connectivity index (χ0n) is 20.0. The van der Waals surface area contributed by atoms with Gasteiger partial charge < -0.3 is 19.3 Å². The molecule has 2 unspecified atom stereocenters. The Labute approximate surface area is 237 Å². The topological polar surface area (TPSA) is 65.0 Å². The SMILES string of the molecule is CCOCCOc1cc(C)c(-c2cccc(COc3ccc(C4CC4C(=O)O)cc3)c2)c(C)c1.[CaH2]. The number of benzene rings is 3. The summed E-state index contributed by atoms with van der Waals surface area (Å²) < 4.78 is 17.2. The van der Waals surface area contributed by atoms with E-state index in [-0.39, 0.29) is 49.6 Å². The molecule has 1 saturated carbocycles. The molecule has 1 aliphatic rings. The van der Waals surface area contributed by atoms with Gasteiger partial charge in [0.05, 0.1) is 12.5 Å². The van der Waals surface area contributed by atoms with E-state index < -0.39 is 5.97 Å². The van der Waals surface area contributed by atoms with Crippen molar-refractivity contribution in [2.24, 2.45) is 5.92 Å². The van der Waals surface area contributed by atoms with Crippen LogP contribution >= 0.6 is 0 Å². The molecule has 0 saturated heterocycles. The van der Waals surface area contributed by atoms with Crippen LogP contribution in [0.5, 0.6) is 11.5 Å². The predicted molar refractivity (Wildman–Crippen MR) is 141 cm³/mol. The minimum atomic E-state index is -0.709. The quantitative estimate of drug-likeness (QED) is 0.287. The first-order chi connectivity index (χ1) is 16.5. The van der Waals surface area contributed by atoms with E-state index in [1.165, 1.54) is 16.7 Å². The van der Waals surface area contributed by atoms with Gasteiger partial charge in [0.15, 0.2) is 0 Å². The van der Waals surface area contributed by atoms with Crippen molar-refractivity contribution in [1.82, 2.24) is 0 Å². The van der Waals surface area contributed by atoms with Gasteiger partial charge in [-0.05, 0) is 96.8 Å². The van der Waals surface area contributed by atoms with Gasteiger partial charge in [-0.2, -0.15) is 0 Å². The monoisotopic (exact) mass is 502 g/mol. The molecule has 0 aliphatic heterocycles. The van der Waals surface area contributed by atoms with Crippen LogP contribution in [0.25, 0.3) is 11.1 Å². The maximum absolute atomic E-state index is 11.1. The Hall–Kier alpha value is -2.05. The summed E-state index contributed by atoms with van der Waals surface area (Å²) in [6.07, 6.45) is 0.724. The van der Waals surface area contributed by atoms with Crippen LogP contribution in [0.15, 0.2) is 60.7 Å². The number of carboxylic acids is 1. The van der Waals surface area contributed by atoms with Gasteiger partial charge in [0.25, 0.3) is 0 Å². The van der Waals surface area contributed by atoms with E-state index in [0.29, 0.717) is 26.4 Å². The molecule has 0 aromatic heterocycles. The number of ether oxygens (including phenoxy) is 3. The van der Waals surface area contributed by atoms with E-state index in [9.17, 15) is 4.79 Å². The van der Waals surface area contributed by atoms with E-state index in [1.54, 1.807) is 0 Å². The van der Waals surface area contributed by atoms with E-state index in [0.717, 1.165) is 34.6 Å². The van der Waals surface area contributed by atoms with Crippen molar-refractivity contribution >= 4 is 43.7 Å². The minimum absolute atomic E-state index is 0. The van der Waals surface area contributed by atoms with Gasteiger partial charge in [-0.15, -0.1) is 0 Å². The van der Waals surface area contributed by atoms with Crippen molar-refractivity contribution in [2.75, 3.05) is 19.8 Å². The Morgan fingerprint density at radius 3 is 2.29 bits per heavy atom. The first-order valence-electron chi connectivity index (χ1n) is 11.8. The van der Waals surface area contributed by atoms with Crippen LogP contribution in [0.2, 0.25) is 0 Å². The van der Waals surface area contributed by atoms with Crippen LogP contribution in [-0.4, -0.2) is 68.6 Å². The van der Waals surface area contributed by atoms with Gasteiger partial charge >= 0.3 is 43.7 Å². The van der Waals surface area contributed by atoms with Gasteiger partial charge in [-0.1, -0.05) is 30.3 Å². The average Bonchev–Trinajstić information content (AvgIpc) is 3.62. The molecule has 0 heterocycles. The zero-order chi connectivity index (χ0) is 24.1. The summed E-state index contributed by atoms with van der Waals surface area (Å²) in [6, 6.07) is 20.4. The number of carbonyl (C=O) groups is 1. The van der Waals surface area contributed by atoms with Gasteiger partial charge in [-0.25, -0.2) is 0 Å². The molecule has 0 spiro atoms. The molecule has 1 N–H and O–H groups in total. The molecule has 182 valence electrons. The number of carboxylic acid groups (broad SMARTS) is 1. The number of hydrogen-bond acceptors (Lipinski definition) is 4. The maximum atomic E-state index is 11.1. The summed E-state index contributed by atoms with van der Waals surface area (Å²) >= 11 is 0. The molecular weight excluding hydrogens is 468 g/mol. The van der Waals surface area contributed by atoms with Crippen molar-refractivity contribution in [3.05, 3.63) is 82.9 Å². The number of hydrogen-bond donors (Lipinski definition) is 1. The fourth-order valence-electron chi connectivity index (χ4n) is 4.46. The van der Waals surface area contributed by atoms with E-state index in [4.69, 9.17) is 19.3 Å². The van der Waals surface area contributed by atoms with Crippen LogP contribution in [0, 0.1) is 19.8 Å². The van der Waals surface area contributed by atoms with Gasteiger partial charge in [0, 0.05) is 6.61 Å². The van der Waals surface area contributed by atoms with Crippen molar-refractivity contribution in [1.29, 1.82) is 0 Å². The molecular formula is C29H34CaO5. The molecule has 1 fully saturated rings. The average molecular weight is 503 g/mol. The Morgan fingerprint density at radius 1 is 0.943 bits per heavy atom. The van der Waals surface area contributed by atoms with Crippen molar-refractivity contribution in [2.45, 2.75) is 39.7 Å². The van der Waals surface area contributed by atoms with Crippen molar-refractivity contribution in [3.63, 3.8) is 0 Å². The van der Waals surface area contributed by atoms with E-state index in [1.807, 2.05) is 31.2 Å². The van der Waals surface area contributed by atoms with Crippen LogP contribution in [-0.2, 0) is 16.1 Å². The third-order valence-electron chi connectivity index (χ3n) is 6.24. The Bertz CT molecular complexity index is 1120. The van der Waals surface area contributed by atoms with Crippen molar-refractivity contribution < 1.29 is 24.1 Å². The summed E-state index contributed by atoms with van der Waals surface area (Å²) in [7, 11) is 0. The van der Waals surface area contributed by atoms with E-state index in [2.05, 4.69) is 50.2 Å². The fraction of sp³-hybridized carbons (Fsp3) is 0.345. The van der Waals surface area contributed by atoms with Crippen LogP contribution in [0.4, 0.5) is 0 Å². The van der Waals surface area contributed by atoms with Gasteiger partial charge in [-0.3, -0.25) is 4.79 Å². The molecule has 3 aromatic carbocycles. The molecule has 6 heteroatoms. The first kappa shape index (κ1) is 27.5. The van der Waals surface area contributed by atoms with Crippen LogP contribution in [0.3, 0.4) is 0 Å². The molecule has 4 rings (SSSR count). The summed E-state index contributed by atoms with van der Waals surface area (Å²) in [5, 5.41) is 9.12. The number of aliphatic carboxylic acids is 1. The third kappa shape index (κ3) is 7.23. The molecule has 35 heavy (non-hydrogen) atoms. The summed E-state index contributed by atoms with van der Waals surface area (Å²) in [5.74, 6) is 0.831. The second-order valence-corrected chi connectivity index (χ2v) is 8.82. The van der Waals surface area contributed by atoms with Crippen LogP contribution < -0.4 is 9.47 Å². The fourth-order valence-corrected chi connectivity index (χ4v) is 4.46. The molecule has 3 aromatic rings. The van der Waals surface area contributed by atoms with Crippen LogP contribution in [0.1, 0.15) is 41.5 Å². The number of aryl methyl sites for hydroxylation is 2. The Kier molecular flexibility index (Phi) is 10.0. The standard InChI is InChI=1S/C29H32O5.Ca.2H/c1-4-32-12-13-33-25-14-19(2)28(20(3)15-25)23-7-5-6-21(16-23)18-34-24-10-8-22(9-11-24)26-17-27(26)29(30)31;;;/h5-11,14-16,26-27H,4,12-13,17-18H2,1-3H3,(H,30,31);;;. The Morgan fingerprint density at radius 2 is 1.66 bits per heavy atom. The molecule has 1 aliphatic carbocycles. The summed E-state index contributed by atoms with van der Waals surface area (Å²) in [4.78, 5) is 11.1. The zero-order valence-corrected chi connectivity index (χ0v) is 20.0. The second-order valence-electron chi connectivity index (χ2n) is 8.82. The number of rotatable bonds is 11. The molecule has 0 amide bonds. The molecule has 2 atom stereocenters. The Balaban J connectivity index is 0.00000342. The predicted octanol–water partition coefficient (Wildman–Crippen LogP) is 5.24. The third-order valence-corrected chi connectivity index (χ3v) is 6.24. The normalized spacial score (nSPS) is 16.3. The summed E-state index contributed by atoms with van der Waals surface area (Å²) in [6.45, 7) is 8.48. The van der Waals surface area contributed by atoms with E-state index >= 15 is 0 Å². The molecule has 0 radical (unpaired) electrons. The van der Waals surface area contributed by atoms with Gasteiger partial charge in [0.1, 0.15) is 24.7 Å².